The van der Waals surface area contributed by atoms with Crippen LogP contribution in [-0.4, -0.2) is 34.8 Å². The van der Waals surface area contributed by atoms with Crippen molar-refractivity contribution >= 4 is 28.6 Å². The maximum atomic E-state index is 12.5. The van der Waals surface area contributed by atoms with Crippen LogP contribution in [0.1, 0.15) is 33.6 Å². The summed E-state index contributed by atoms with van der Waals surface area (Å²) in [4.78, 5) is 40.4. The molecular weight excluding hydrogens is 322 g/mol. The highest BCUT2D eigenvalue weighted by atomic mass is 16.4. The van der Waals surface area contributed by atoms with E-state index in [1.165, 1.54) is 0 Å². The van der Waals surface area contributed by atoms with Gasteiger partial charge in [-0.25, -0.2) is 4.79 Å². The number of fused-ring (bicyclic) bond motifs is 1. The predicted molar refractivity (Wildman–Crippen MR) is 94.2 cm³/mol. The van der Waals surface area contributed by atoms with Crippen LogP contribution >= 0.6 is 0 Å². The van der Waals surface area contributed by atoms with Crippen LogP contribution in [0.3, 0.4) is 0 Å². The molecule has 0 saturated carbocycles. The first-order chi connectivity index (χ1) is 11.7. The number of aromatic amines is 1. The van der Waals surface area contributed by atoms with Crippen LogP contribution in [0, 0.1) is 11.3 Å². The van der Waals surface area contributed by atoms with E-state index in [2.05, 4.69) is 10.3 Å². The smallest absolute Gasteiger partial charge is 0.408 e. The minimum absolute atomic E-state index is 0.0620. The summed E-state index contributed by atoms with van der Waals surface area (Å²) < 4.78 is 4.94. The standard InChI is InChI=1S/C18H23N3O4/c1-18(2,3)16(23)21-8-6-11(7-9-21)15(22)19-12-4-5-14-13(10-12)20-17(24)25-14/h4-5,10-11H,6-9H2,1-3H3,(H,19,22)(H,20,24). The summed E-state index contributed by atoms with van der Waals surface area (Å²) in [7, 11) is 0. The van der Waals surface area contributed by atoms with Gasteiger partial charge in [0, 0.05) is 30.1 Å². The van der Waals surface area contributed by atoms with Crippen molar-refractivity contribution in [3.05, 3.63) is 28.7 Å². The van der Waals surface area contributed by atoms with Crippen LogP contribution in [0.25, 0.3) is 11.1 Å². The molecule has 3 rings (SSSR count). The molecule has 1 saturated heterocycles. The van der Waals surface area contributed by atoms with Crippen molar-refractivity contribution < 1.29 is 14.0 Å². The molecule has 2 N–H and O–H groups in total. The molecule has 25 heavy (non-hydrogen) atoms. The van der Waals surface area contributed by atoms with Crippen molar-refractivity contribution in [1.29, 1.82) is 0 Å². The number of piperidine rings is 1. The summed E-state index contributed by atoms with van der Waals surface area (Å²) in [5, 5.41) is 2.88. The second kappa shape index (κ2) is 6.38. The van der Waals surface area contributed by atoms with E-state index in [4.69, 9.17) is 4.42 Å². The van der Waals surface area contributed by atoms with Crippen LogP contribution in [0.15, 0.2) is 27.4 Å². The minimum Gasteiger partial charge on any atom is -0.408 e. The first kappa shape index (κ1) is 17.3. The van der Waals surface area contributed by atoms with E-state index in [0.717, 1.165) is 0 Å². The fourth-order valence-corrected chi connectivity index (χ4v) is 3.09. The number of hydrogen-bond donors (Lipinski definition) is 2. The molecule has 2 heterocycles. The van der Waals surface area contributed by atoms with E-state index in [1.807, 2.05) is 25.7 Å². The molecule has 0 radical (unpaired) electrons. The van der Waals surface area contributed by atoms with Gasteiger partial charge in [-0.05, 0) is 31.0 Å². The van der Waals surface area contributed by atoms with Gasteiger partial charge in [-0.1, -0.05) is 20.8 Å². The highest BCUT2D eigenvalue weighted by Gasteiger charge is 2.32. The molecule has 0 unspecified atom stereocenters. The number of benzene rings is 1. The lowest BCUT2D eigenvalue weighted by molar-refractivity contribution is -0.142. The third kappa shape index (κ3) is 3.75. The lowest BCUT2D eigenvalue weighted by Gasteiger charge is -2.35. The summed E-state index contributed by atoms with van der Waals surface area (Å²) in [5.74, 6) is -0.578. The maximum Gasteiger partial charge on any atom is 0.417 e. The Balaban J connectivity index is 1.60. The number of anilines is 1. The van der Waals surface area contributed by atoms with Crippen molar-refractivity contribution in [3.8, 4) is 0 Å². The van der Waals surface area contributed by atoms with Crippen LogP contribution in [-0.2, 0) is 9.59 Å². The van der Waals surface area contributed by atoms with Gasteiger partial charge in [0.25, 0.3) is 0 Å². The van der Waals surface area contributed by atoms with Gasteiger partial charge in [-0.15, -0.1) is 0 Å². The number of nitrogens with one attached hydrogen (secondary N) is 2. The Hall–Kier alpha value is -2.57. The average Bonchev–Trinajstić information content (AvgIpc) is 2.92. The fraction of sp³-hybridized carbons (Fsp3) is 0.500. The van der Waals surface area contributed by atoms with E-state index in [0.29, 0.717) is 42.7 Å². The third-order valence-electron chi connectivity index (χ3n) is 4.48. The molecule has 2 amide bonds. The molecule has 2 aromatic rings. The number of H-pyrrole nitrogens is 1. The number of rotatable bonds is 2. The summed E-state index contributed by atoms with van der Waals surface area (Å²) in [6, 6.07) is 5.03. The summed E-state index contributed by atoms with van der Waals surface area (Å²) in [6.45, 7) is 6.92. The Labute approximate surface area is 145 Å². The molecule has 1 aromatic carbocycles. The maximum absolute atomic E-state index is 12.5. The SMILES string of the molecule is CC(C)(C)C(=O)N1CCC(C(=O)Nc2ccc3oc(=O)[nH]c3c2)CC1. The van der Waals surface area contributed by atoms with Crippen molar-refractivity contribution in [2.24, 2.45) is 11.3 Å². The molecule has 0 atom stereocenters. The number of oxazole rings is 1. The van der Waals surface area contributed by atoms with Gasteiger partial charge >= 0.3 is 5.76 Å². The predicted octanol–water partition coefficient (Wildman–Crippen LogP) is 2.34. The molecule has 1 fully saturated rings. The highest BCUT2D eigenvalue weighted by molar-refractivity contribution is 5.94. The molecule has 0 bridgehead atoms. The summed E-state index contributed by atoms with van der Waals surface area (Å²) in [6.07, 6.45) is 1.30. The van der Waals surface area contributed by atoms with Crippen LogP contribution in [0.4, 0.5) is 5.69 Å². The van der Waals surface area contributed by atoms with E-state index in [9.17, 15) is 14.4 Å². The van der Waals surface area contributed by atoms with E-state index < -0.39 is 11.2 Å². The zero-order valence-corrected chi connectivity index (χ0v) is 14.7. The molecule has 1 aliphatic rings. The average molecular weight is 345 g/mol. The fourth-order valence-electron chi connectivity index (χ4n) is 3.09. The Bertz CT molecular complexity index is 851. The second-order valence-corrected chi connectivity index (χ2v) is 7.53. The molecule has 0 aliphatic carbocycles. The number of aromatic nitrogens is 1. The third-order valence-corrected chi connectivity index (χ3v) is 4.48. The van der Waals surface area contributed by atoms with Crippen molar-refractivity contribution in [2.75, 3.05) is 18.4 Å². The molecule has 1 aliphatic heterocycles. The highest BCUT2D eigenvalue weighted by Crippen LogP contribution is 2.25. The van der Waals surface area contributed by atoms with E-state index >= 15 is 0 Å². The Morgan fingerprint density at radius 1 is 1.24 bits per heavy atom. The second-order valence-electron chi connectivity index (χ2n) is 7.53. The number of nitrogens with zero attached hydrogens (tertiary/aromatic N) is 1. The molecule has 134 valence electrons. The van der Waals surface area contributed by atoms with E-state index in [1.54, 1.807) is 18.2 Å². The van der Waals surface area contributed by atoms with Gasteiger partial charge in [0.2, 0.25) is 11.8 Å². The molecular formula is C18H23N3O4. The number of hydrogen-bond acceptors (Lipinski definition) is 4. The van der Waals surface area contributed by atoms with Crippen molar-refractivity contribution in [2.45, 2.75) is 33.6 Å². The normalized spacial score (nSPS) is 16.2. The number of amides is 2. The molecule has 7 heteroatoms. The topological polar surface area (TPSA) is 95.4 Å². The summed E-state index contributed by atoms with van der Waals surface area (Å²) in [5.41, 5.74) is 1.22. The summed E-state index contributed by atoms with van der Waals surface area (Å²) >= 11 is 0. The molecule has 1 aromatic heterocycles. The quantitative estimate of drug-likeness (QED) is 0.873. The van der Waals surface area contributed by atoms with Crippen LogP contribution in [0.5, 0.6) is 0 Å². The molecule has 0 spiro atoms. The Morgan fingerprint density at radius 2 is 1.92 bits per heavy atom. The number of likely N-dealkylation sites (tertiary alicyclic amines) is 1. The monoisotopic (exact) mass is 345 g/mol. The largest absolute Gasteiger partial charge is 0.417 e. The lowest BCUT2D eigenvalue weighted by Crippen LogP contribution is -2.45. The van der Waals surface area contributed by atoms with Gasteiger partial charge in [-0.3, -0.25) is 14.6 Å². The first-order valence-electron chi connectivity index (χ1n) is 8.47. The van der Waals surface area contributed by atoms with Gasteiger partial charge < -0.3 is 14.6 Å². The first-order valence-corrected chi connectivity index (χ1v) is 8.47. The van der Waals surface area contributed by atoms with E-state index in [-0.39, 0.29) is 17.7 Å². The minimum atomic E-state index is -0.519. The van der Waals surface area contributed by atoms with Crippen molar-refractivity contribution in [1.82, 2.24) is 9.88 Å². The Morgan fingerprint density at radius 3 is 2.56 bits per heavy atom. The van der Waals surface area contributed by atoms with Crippen molar-refractivity contribution in [3.63, 3.8) is 0 Å². The Kier molecular flexibility index (Phi) is 4.41. The van der Waals surface area contributed by atoms with Crippen LogP contribution in [0.2, 0.25) is 0 Å². The zero-order chi connectivity index (χ0) is 18.2. The van der Waals surface area contributed by atoms with Crippen LogP contribution < -0.4 is 11.1 Å². The number of carbonyl (C=O) groups excluding carboxylic acids is 2. The lowest BCUT2D eigenvalue weighted by atomic mass is 9.90. The molecule has 7 nitrogen and oxygen atoms in total. The number of carbonyl (C=O) groups is 2. The van der Waals surface area contributed by atoms with Gasteiger partial charge in [-0.2, -0.15) is 0 Å². The zero-order valence-electron chi connectivity index (χ0n) is 14.7. The van der Waals surface area contributed by atoms with Gasteiger partial charge in [0.05, 0.1) is 5.52 Å². The van der Waals surface area contributed by atoms with Gasteiger partial charge in [0.15, 0.2) is 5.58 Å². The van der Waals surface area contributed by atoms with Gasteiger partial charge in [0.1, 0.15) is 0 Å².